The minimum atomic E-state index is -0.911. The first-order valence-corrected chi connectivity index (χ1v) is 7.40. The van der Waals surface area contributed by atoms with E-state index < -0.39 is 5.97 Å². The summed E-state index contributed by atoms with van der Waals surface area (Å²) in [5, 5.41) is 10.0. The fourth-order valence-electron chi connectivity index (χ4n) is 1.69. The van der Waals surface area contributed by atoms with Gasteiger partial charge in [-0.2, -0.15) is 0 Å². The van der Waals surface area contributed by atoms with Crippen LogP contribution in [0.2, 0.25) is 0 Å². The van der Waals surface area contributed by atoms with Gasteiger partial charge in [0.25, 0.3) is 0 Å². The van der Waals surface area contributed by atoms with Crippen molar-refractivity contribution in [1.82, 2.24) is 4.98 Å². The highest BCUT2D eigenvalue weighted by atomic mass is 79.9. The van der Waals surface area contributed by atoms with Gasteiger partial charge in [0.2, 0.25) is 0 Å². The van der Waals surface area contributed by atoms with Gasteiger partial charge in [0, 0.05) is 15.5 Å². The fourth-order valence-corrected chi connectivity index (χ4v) is 3.07. The molecule has 0 radical (unpaired) electrons. The maximum atomic E-state index is 11.3. The Labute approximate surface area is 124 Å². The molecule has 0 saturated heterocycles. The normalized spacial score (nSPS) is 11.6. The summed E-state index contributed by atoms with van der Waals surface area (Å²) in [5.74, 6) is -0.911. The molecule has 0 saturated carbocycles. The molecule has 2 rings (SSSR count). The van der Waals surface area contributed by atoms with Gasteiger partial charge in [-0.1, -0.05) is 48.8 Å². The molecule has 0 unspecified atom stereocenters. The topological polar surface area (TPSA) is 50.2 Å². The van der Waals surface area contributed by atoms with Crippen LogP contribution in [0, 0.1) is 0 Å². The van der Waals surface area contributed by atoms with E-state index in [9.17, 15) is 9.90 Å². The summed E-state index contributed by atoms with van der Waals surface area (Å²) >= 11 is 4.61. The van der Waals surface area contributed by atoms with Crippen molar-refractivity contribution in [3.8, 4) is 10.6 Å². The summed E-state index contributed by atoms with van der Waals surface area (Å²) < 4.78 is 0.988. The van der Waals surface area contributed by atoms with Gasteiger partial charge in [-0.15, -0.1) is 11.3 Å². The molecule has 2 aromatic rings. The number of benzene rings is 1. The molecule has 1 N–H and O–H groups in total. The van der Waals surface area contributed by atoms with Gasteiger partial charge >= 0.3 is 5.97 Å². The molecule has 3 nitrogen and oxygen atoms in total. The average Bonchev–Trinajstić information content (AvgIpc) is 2.74. The summed E-state index contributed by atoms with van der Waals surface area (Å²) in [4.78, 5) is 16.2. The lowest BCUT2D eigenvalue weighted by Crippen LogP contribution is -2.16. The van der Waals surface area contributed by atoms with Crippen molar-refractivity contribution in [2.45, 2.75) is 26.2 Å². The number of carbonyl (C=O) groups is 1. The van der Waals surface area contributed by atoms with Crippen molar-refractivity contribution in [2.75, 3.05) is 0 Å². The number of hydrogen-bond acceptors (Lipinski definition) is 3. The Morgan fingerprint density at radius 1 is 1.26 bits per heavy atom. The van der Waals surface area contributed by atoms with Crippen molar-refractivity contribution in [3.63, 3.8) is 0 Å². The highest BCUT2D eigenvalue weighted by Crippen LogP contribution is 2.34. The molecule has 0 bridgehead atoms. The summed E-state index contributed by atoms with van der Waals surface area (Å²) in [6, 6.07) is 7.71. The number of nitrogens with zero attached hydrogens (tertiary/aromatic N) is 1. The first-order chi connectivity index (χ1) is 8.79. The maximum absolute atomic E-state index is 11.3. The highest BCUT2D eigenvalue weighted by Gasteiger charge is 2.27. The van der Waals surface area contributed by atoms with Crippen LogP contribution in [0.25, 0.3) is 10.6 Å². The SMILES string of the molecule is CC(C)(C)c1nc(-c2ccc(Br)cc2)sc1C(=O)O. The Morgan fingerprint density at radius 2 is 1.84 bits per heavy atom. The van der Waals surface area contributed by atoms with Crippen LogP contribution in [0.4, 0.5) is 0 Å². The van der Waals surface area contributed by atoms with Crippen LogP contribution < -0.4 is 0 Å². The van der Waals surface area contributed by atoms with E-state index in [1.165, 1.54) is 11.3 Å². The number of carboxylic acid groups (broad SMARTS) is 1. The van der Waals surface area contributed by atoms with Crippen molar-refractivity contribution in [3.05, 3.63) is 39.3 Å². The lowest BCUT2D eigenvalue weighted by molar-refractivity contribution is 0.0699. The number of rotatable bonds is 2. The largest absolute Gasteiger partial charge is 0.477 e. The van der Waals surface area contributed by atoms with Gasteiger partial charge < -0.3 is 5.11 Å². The Bertz CT molecular complexity index is 611. The van der Waals surface area contributed by atoms with E-state index in [0.717, 1.165) is 15.0 Å². The molecule has 0 aliphatic rings. The third-order valence-electron chi connectivity index (χ3n) is 2.62. The van der Waals surface area contributed by atoms with Crippen molar-refractivity contribution >= 4 is 33.2 Å². The predicted molar refractivity (Wildman–Crippen MR) is 80.9 cm³/mol. The van der Waals surface area contributed by atoms with Crippen LogP contribution in [0.1, 0.15) is 36.1 Å². The van der Waals surface area contributed by atoms with Gasteiger partial charge in [-0.25, -0.2) is 9.78 Å². The van der Waals surface area contributed by atoms with Crippen LogP contribution in [0.15, 0.2) is 28.7 Å². The molecule has 0 amide bonds. The number of hydrogen-bond donors (Lipinski definition) is 1. The molecule has 0 fully saturated rings. The zero-order valence-corrected chi connectivity index (χ0v) is 13.3. The second kappa shape index (κ2) is 5.06. The maximum Gasteiger partial charge on any atom is 0.347 e. The van der Waals surface area contributed by atoms with Crippen LogP contribution in [-0.2, 0) is 5.41 Å². The first-order valence-electron chi connectivity index (χ1n) is 5.79. The van der Waals surface area contributed by atoms with Crippen molar-refractivity contribution < 1.29 is 9.90 Å². The van der Waals surface area contributed by atoms with Gasteiger partial charge in [-0.3, -0.25) is 0 Å². The van der Waals surface area contributed by atoms with Crippen LogP contribution in [0.5, 0.6) is 0 Å². The molecule has 5 heteroatoms. The number of thiazole rings is 1. The van der Waals surface area contributed by atoms with E-state index in [4.69, 9.17) is 0 Å². The van der Waals surface area contributed by atoms with Crippen LogP contribution >= 0.6 is 27.3 Å². The summed E-state index contributed by atoms with van der Waals surface area (Å²) in [7, 11) is 0. The minimum absolute atomic E-state index is 0.280. The van der Waals surface area contributed by atoms with Gasteiger partial charge in [0.15, 0.2) is 0 Å². The third-order valence-corrected chi connectivity index (χ3v) is 4.24. The summed E-state index contributed by atoms with van der Waals surface area (Å²) in [6.45, 7) is 5.92. The van der Waals surface area contributed by atoms with Gasteiger partial charge in [0.05, 0.1) is 5.69 Å². The zero-order chi connectivity index (χ0) is 14.2. The second-order valence-electron chi connectivity index (χ2n) is 5.26. The molecule has 0 aliphatic carbocycles. The Balaban J connectivity index is 2.55. The average molecular weight is 340 g/mol. The van der Waals surface area contributed by atoms with E-state index >= 15 is 0 Å². The van der Waals surface area contributed by atoms with E-state index in [2.05, 4.69) is 20.9 Å². The first kappa shape index (κ1) is 14.2. The summed E-state index contributed by atoms with van der Waals surface area (Å²) in [6.07, 6.45) is 0. The second-order valence-corrected chi connectivity index (χ2v) is 7.17. The Hall–Kier alpha value is -1.20. The minimum Gasteiger partial charge on any atom is -0.477 e. The number of aromatic nitrogens is 1. The van der Waals surface area contributed by atoms with Gasteiger partial charge in [0.1, 0.15) is 9.88 Å². The van der Waals surface area contributed by atoms with Crippen LogP contribution in [0.3, 0.4) is 0 Å². The smallest absolute Gasteiger partial charge is 0.347 e. The lowest BCUT2D eigenvalue weighted by Gasteiger charge is -2.15. The molecule has 19 heavy (non-hydrogen) atoms. The van der Waals surface area contributed by atoms with Crippen molar-refractivity contribution in [2.24, 2.45) is 0 Å². The molecule has 0 atom stereocenters. The lowest BCUT2D eigenvalue weighted by atomic mass is 9.91. The number of aromatic carboxylic acids is 1. The molecule has 100 valence electrons. The summed E-state index contributed by atoms with van der Waals surface area (Å²) in [5.41, 5.74) is 1.30. The van der Waals surface area contributed by atoms with E-state index in [1.807, 2.05) is 45.0 Å². The monoisotopic (exact) mass is 339 g/mol. The molecular formula is C14H14BrNO2S. The molecule has 0 spiro atoms. The number of halogens is 1. The van der Waals surface area contributed by atoms with E-state index in [0.29, 0.717) is 10.6 Å². The Kier molecular flexibility index (Phi) is 3.78. The quantitative estimate of drug-likeness (QED) is 0.871. The zero-order valence-electron chi connectivity index (χ0n) is 10.9. The molecule has 1 heterocycles. The highest BCUT2D eigenvalue weighted by molar-refractivity contribution is 9.10. The third kappa shape index (κ3) is 3.04. The molecular weight excluding hydrogens is 326 g/mol. The molecule has 0 aliphatic heterocycles. The van der Waals surface area contributed by atoms with Crippen LogP contribution in [-0.4, -0.2) is 16.1 Å². The predicted octanol–water partition coefficient (Wildman–Crippen LogP) is 4.57. The standard InChI is InChI=1S/C14H14BrNO2S/c1-14(2,3)11-10(13(17)18)19-12(16-11)8-4-6-9(15)7-5-8/h4-7H,1-3H3,(H,17,18). The fraction of sp³-hybridized carbons (Fsp3) is 0.286. The van der Waals surface area contributed by atoms with Gasteiger partial charge in [-0.05, 0) is 12.1 Å². The van der Waals surface area contributed by atoms with E-state index in [1.54, 1.807) is 0 Å². The Morgan fingerprint density at radius 3 is 2.26 bits per heavy atom. The molecule has 1 aromatic heterocycles. The number of carboxylic acids is 1. The van der Waals surface area contributed by atoms with Crippen molar-refractivity contribution in [1.29, 1.82) is 0 Å². The molecule has 1 aromatic carbocycles. The van der Waals surface area contributed by atoms with E-state index in [-0.39, 0.29) is 5.41 Å².